The molecule has 0 aromatic carbocycles. The third kappa shape index (κ3) is 4.48. The Balaban J connectivity index is 2.28. The van der Waals surface area contributed by atoms with E-state index in [1.807, 2.05) is 0 Å². The average Bonchev–Trinajstić information content (AvgIpc) is 2.13. The Morgan fingerprint density at radius 2 is 2.23 bits per heavy atom. The molecule has 0 amide bonds. The van der Waals surface area contributed by atoms with Crippen LogP contribution in [-0.4, -0.2) is 16.9 Å². The second kappa shape index (κ2) is 6.22. The largest absolute Gasteiger partial charge is 0.492 e. The van der Waals surface area contributed by atoms with Gasteiger partial charge in [0.05, 0.1) is 17.8 Å². The van der Waals surface area contributed by atoms with Crippen LogP contribution in [0, 0.1) is 0 Å². The van der Waals surface area contributed by atoms with Gasteiger partial charge in [-0.3, -0.25) is 4.98 Å². The minimum absolute atomic E-state index is 0.609. The molecule has 0 radical (unpaired) electrons. The summed E-state index contributed by atoms with van der Waals surface area (Å²) in [6, 6.07) is 1.77. The maximum absolute atomic E-state index is 5.73. The summed E-state index contributed by atoms with van der Waals surface area (Å²) in [4.78, 5) is 3.92. The summed E-state index contributed by atoms with van der Waals surface area (Å²) in [5.41, 5.74) is 0. The van der Waals surface area contributed by atoms with Gasteiger partial charge in [-0.2, -0.15) is 0 Å². The van der Waals surface area contributed by atoms with Crippen LogP contribution in [0.5, 0.6) is 5.75 Å². The molecule has 4 heteroatoms. The van der Waals surface area contributed by atoms with Crippen molar-refractivity contribution in [2.45, 2.75) is 12.8 Å². The Bertz CT molecular complexity index is 257. The number of unbranched alkanes of at least 4 members (excludes halogenated alkanes) is 1. The Morgan fingerprint density at radius 1 is 1.38 bits per heavy atom. The number of nitrogens with zero attached hydrogens (tertiary/aromatic N) is 1. The van der Waals surface area contributed by atoms with Crippen LogP contribution in [-0.2, 0) is 0 Å². The molecule has 13 heavy (non-hydrogen) atoms. The molecule has 1 aromatic heterocycles. The smallest absolute Gasteiger partial charge is 0.139 e. The third-order valence-corrected chi connectivity index (χ3v) is 2.24. The SMILES string of the molecule is Clc1cncc(OCCCCBr)c1. The summed E-state index contributed by atoms with van der Waals surface area (Å²) in [5.74, 6) is 0.738. The normalized spacial score (nSPS) is 10.0. The van der Waals surface area contributed by atoms with Gasteiger partial charge in [-0.25, -0.2) is 0 Å². The molecule has 0 saturated heterocycles. The topological polar surface area (TPSA) is 22.1 Å². The second-order valence-electron chi connectivity index (χ2n) is 2.58. The molecular weight excluding hydrogens is 253 g/mol. The number of hydrogen-bond acceptors (Lipinski definition) is 2. The maximum atomic E-state index is 5.73. The summed E-state index contributed by atoms with van der Waals surface area (Å²) >= 11 is 9.09. The number of pyridine rings is 1. The fraction of sp³-hybridized carbons (Fsp3) is 0.444. The minimum Gasteiger partial charge on any atom is -0.492 e. The molecule has 72 valence electrons. The van der Waals surface area contributed by atoms with E-state index in [0.29, 0.717) is 11.6 Å². The highest BCUT2D eigenvalue weighted by Gasteiger charge is 1.94. The molecule has 2 nitrogen and oxygen atoms in total. The number of halogens is 2. The van der Waals surface area contributed by atoms with Crippen LogP contribution < -0.4 is 4.74 Å². The molecule has 0 aliphatic heterocycles. The molecule has 0 unspecified atom stereocenters. The van der Waals surface area contributed by atoms with Gasteiger partial charge in [0.2, 0.25) is 0 Å². The van der Waals surface area contributed by atoms with Crippen LogP contribution in [0.4, 0.5) is 0 Å². The van der Waals surface area contributed by atoms with E-state index in [9.17, 15) is 0 Å². The van der Waals surface area contributed by atoms with Gasteiger partial charge in [0, 0.05) is 17.6 Å². The van der Waals surface area contributed by atoms with Gasteiger partial charge in [0.1, 0.15) is 5.75 Å². The first-order valence-electron chi connectivity index (χ1n) is 4.12. The van der Waals surface area contributed by atoms with E-state index >= 15 is 0 Å². The molecule has 0 atom stereocenters. The number of aromatic nitrogens is 1. The van der Waals surface area contributed by atoms with Gasteiger partial charge in [-0.15, -0.1) is 0 Å². The lowest BCUT2D eigenvalue weighted by atomic mass is 10.3. The molecule has 0 saturated carbocycles. The van der Waals surface area contributed by atoms with Gasteiger partial charge < -0.3 is 4.74 Å². The van der Waals surface area contributed by atoms with Gasteiger partial charge >= 0.3 is 0 Å². The van der Waals surface area contributed by atoms with E-state index in [2.05, 4.69) is 20.9 Å². The molecule has 1 rings (SSSR count). The number of ether oxygens (including phenoxy) is 1. The zero-order chi connectivity index (χ0) is 9.52. The molecule has 0 N–H and O–H groups in total. The fourth-order valence-corrected chi connectivity index (χ4v) is 1.42. The fourth-order valence-electron chi connectivity index (χ4n) is 0.858. The van der Waals surface area contributed by atoms with Crippen molar-refractivity contribution in [3.05, 3.63) is 23.5 Å². The lowest BCUT2D eigenvalue weighted by Crippen LogP contribution is -1.97. The van der Waals surface area contributed by atoms with Crippen molar-refractivity contribution >= 4 is 27.5 Å². The van der Waals surface area contributed by atoms with E-state index in [0.717, 1.165) is 23.9 Å². The lowest BCUT2D eigenvalue weighted by molar-refractivity contribution is 0.309. The van der Waals surface area contributed by atoms with E-state index in [1.54, 1.807) is 18.5 Å². The first-order valence-corrected chi connectivity index (χ1v) is 5.62. The molecule has 0 spiro atoms. The van der Waals surface area contributed by atoms with E-state index in [4.69, 9.17) is 16.3 Å². The maximum Gasteiger partial charge on any atom is 0.139 e. The van der Waals surface area contributed by atoms with Crippen LogP contribution in [0.25, 0.3) is 0 Å². The Morgan fingerprint density at radius 3 is 2.92 bits per heavy atom. The summed E-state index contributed by atoms with van der Waals surface area (Å²) in [6.07, 6.45) is 5.42. The Hall–Kier alpha value is -0.280. The third-order valence-electron chi connectivity index (χ3n) is 1.48. The molecule has 1 heterocycles. The van der Waals surface area contributed by atoms with Crippen molar-refractivity contribution in [3.63, 3.8) is 0 Å². The average molecular weight is 265 g/mol. The Labute approximate surface area is 91.4 Å². The van der Waals surface area contributed by atoms with Crippen LogP contribution in [0.15, 0.2) is 18.5 Å². The van der Waals surface area contributed by atoms with E-state index < -0.39 is 0 Å². The van der Waals surface area contributed by atoms with Crippen LogP contribution in [0.1, 0.15) is 12.8 Å². The molecular formula is C9H11BrClNO. The van der Waals surface area contributed by atoms with Crippen LogP contribution in [0.3, 0.4) is 0 Å². The predicted octanol–water partition coefficient (Wildman–Crippen LogP) is 3.29. The van der Waals surface area contributed by atoms with Gasteiger partial charge in [0.25, 0.3) is 0 Å². The van der Waals surface area contributed by atoms with Crippen molar-refractivity contribution in [1.82, 2.24) is 4.98 Å². The zero-order valence-corrected chi connectivity index (χ0v) is 9.51. The molecule has 1 aromatic rings. The van der Waals surface area contributed by atoms with Crippen molar-refractivity contribution in [1.29, 1.82) is 0 Å². The minimum atomic E-state index is 0.609. The highest BCUT2D eigenvalue weighted by molar-refractivity contribution is 9.09. The second-order valence-corrected chi connectivity index (χ2v) is 3.81. The van der Waals surface area contributed by atoms with Gasteiger partial charge in [-0.05, 0) is 12.8 Å². The molecule has 0 fully saturated rings. The first kappa shape index (κ1) is 10.8. The Kier molecular flexibility index (Phi) is 5.16. The van der Waals surface area contributed by atoms with Crippen LogP contribution >= 0.6 is 27.5 Å². The van der Waals surface area contributed by atoms with Gasteiger partial charge in [0.15, 0.2) is 0 Å². The molecule has 0 aliphatic rings. The van der Waals surface area contributed by atoms with Gasteiger partial charge in [-0.1, -0.05) is 27.5 Å². The molecule has 0 bridgehead atoms. The number of alkyl halides is 1. The number of rotatable bonds is 5. The highest BCUT2D eigenvalue weighted by atomic mass is 79.9. The summed E-state index contributed by atoms with van der Waals surface area (Å²) in [6.45, 7) is 0.716. The summed E-state index contributed by atoms with van der Waals surface area (Å²) in [5, 5.41) is 1.63. The quantitative estimate of drug-likeness (QED) is 0.601. The standard InChI is InChI=1S/C9H11BrClNO/c10-3-1-2-4-13-9-5-8(11)6-12-7-9/h5-7H,1-4H2. The predicted molar refractivity (Wildman–Crippen MR) is 57.8 cm³/mol. The number of hydrogen-bond donors (Lipinski definition) is 0. The first-order chi connectivity index (χ1) is 6.33. The van der Waals surface area contributed by atoms with Crippen molar-refractivity contribution in [3.8, 4) is 5.75 Å². The summed E-state index contributed by atoms with van der Waals surface area (Å²) in [7, 11) is 0. The highest BCUT2D eigenvalue weighted by Crippen LogP contribution is 2.15. The lowest BCUT2D eigenvalue weighted by Gasteiger charge is -2.04. The van der Waals surface area contributed by atoms with E-state index in [-0.39, 0.29) is 0 Å². The van der Waals surface area contributed by atoms with Crippen molar-refractivity contribution in [2.24, 2.45) is 0 Å². The van der Waals surface area contributed by atoms with E-state index in [1.165, 1.54) is 0 Å². The van der Waals surface area contributed by atoms with Crippen molar-refractivity contribution in [2.75, 3.05) is 11.9 Å². The zero-order valence-electron chi connectivity index (χ0n) is 7.17. The van der Waals surface area contributed by atoms with Crippen molar-refractivity contribution < 1.29 is 4.74 Å². The van der Waals surface area contributed by atoms with Crippen LogP contribution in [0.2, 0.25) is 5.02 Å². The summed E-state index contributed by atoms with van der Waals surface area (Å²) < 4.78 is 5.42. The molecule has 0 aliphatic carbocycles. The monoisotopic (exact) mass is 263 g/mol.